The van der Waals surface area contributed by atoms with E-state index in [1.807, 2.05) is 0 Å². The first kappa shape index (κ1) is 15.3. The summed E-state index contributed by atoms with van der Waals surface area (Å²) in [5.74, 6) is 0.745. The molecule has 1 aliphatic carbocycles. The van der Waals surface area contributed by atoms with Gasteiger partial charge in [-0.05, 0) is 32.1 Å². The molecular formula is C13H24N4O2S. The van der Waals surface area contributed by atoms with Crippen molar-refractivity contribution in [2.24, 2.45) is 13.0 Å². The lowest BCUT2D eigenvalue weighted by Crippen LogP contribution is -2.35. The molecule has 6 nitrogen and oxygen atoms in total. The summed E-state index contributed by atoms with van der Waals surface area (Å²) in [6, 6.07) is 0.00366. The summed E-state index contributed by atoms with van der Waals surface area (Å²) in [5.41, 5.74) is 6.30. The van der Waals surface area contributed by atoms with Gasteiger partial charge in [0.15, 0.2) is 5.82 Å². The molecule has 2 unspecified atom stereocenters. The Labute approximate surface area is 120 Å². The van der Waals surface area contributed by atoms with Crippen LogP contribution < -0.4 is 10.5 Å². The smallest absolute Gasteiger partial charge is 0.246 e. The number of aromatic nitrogens is 2. The standard InChI is InChI=1S/C13H24N4O2S/c1-9-5-4-6-11(8-7-9)16-20(18,19)12-10(2)17(3)15-13(12)14/h9,11,16H,4-8H2,1-3H3,(H2,14,15). The normalized spacial score (nSPS) is 24.6. The van der Waals surface area contributed by atoms with E-state index in [2.05, 4.69) is 16.7 Å². The van der Waals surface area contributed by atoms with Crippen LogP contribution in [0.2, 0.25) is 0 Å². The zero-order valence-corrected chi connectivity index (χ0v) is 13.2. The number of nitrogens with zero attached hydrogens (tertiary/aromatic N) is 2. The number of rotatable bonds is 3. The molecule has 0 spiro atoms. The quantitative estimate of drug-likeness (QED) is 0.829. The molecule has 0 aliphatic heterocycles. The van der Waals surface area contributed by atoms with Gasteiger partial charge in [-0.25, -0.2) is 13.1 Å². The van der Waals surface area contributed by atoms with Gasteiger partial charge in [-0.15, -0.1) is 0 Å². The lowest BCUT2D eigenvalue weighted by atomic mass is 10.0. The number of hydrogen-bond acceptors (Lipinski definition) is 4. The van der Waals surface area contributed by atoms with Crippen molar-refractivity contribution in [2.45, 2.75) is 56.9 Å². The lowest BCUT2D eigenvalue weighted by molar-refractivity contribution is 0.484. The Morgan fingerprint density at radius 3 is 2.60 bits per heavy atom. The highest BCUT2D eigenvalue weighted by Crippen LogP contribution is 2.26. The largest absolute Gasteiger partial charge is 0.381 e. The highest BCUT2D eigenvalue weighted by molar-refractivity contribution is 7.89. The van der Waals surface area contributed by atoms with E-state index in [9.17, 15) is 8.42 Å². The van der Waals surface area contributed by atoms with E-state index in [1.165, 1.54) is 11.1 Å². The second-order valence-electron chi connectivity index (χ2n) is 5.86. The fraction of sp³-hybridized carbons (Fsp3) is 0.769. The highest BCUT2D eigenvalue weighted by Gasteiger charge is 2.28. The molecule has 114 valence electrons. The Bertz CT molecular complexity index is 579. The van der Waals surface area contributed by atoms with Crippen LogP contribution in [-0.4, -0.2) is 24.2 Å². The van der Waals surface area contributed by atoms with Crippen molar-refractivity contribution in [3.05, 3.63) is 5.69 Å². The summed E-state index contributed by atoms with van der Waals surface area (Å²) >= 11 is 0. The maximum absolute atomic E-state index is 12.5. The molecule has 1 aromatic heterocycles. The molecule has 1 saturated carbocycles. The minimum atomic E-state index is -3.59. The first-order valence-corrected chi connectivity index (χ1v) is 8.61. The number of anilines is 1. The molecule has 3 N–H and O–H groups in total. The number of sulfonamides is 1. The Hall–Kier alpha value is -1.08. The van der Waals surface area contributed by atoms with Gasteiger partial charge in [0.2, 0.25) is 10.0 Å². The van der Waals surface area contributed by atoms with E-state index < -0.39 is 10.0 Å². The molecule has 2 rings (SSSR count). The molecule has 0 aromatic carbocycles. The molecule has 7 heteroatoms. The average Bonchev–Trinajstić information content (AvgIpc) is 2.50. The van der Waals surface area contributed by atoms with Crippen molar-refractivity contribution in [1.29, 1.82) is 0 Å². The van der Waals surface area contributed by atoms with Crippen LogP contribution >= 0.6 is 0 Å². The fourth-order valence-electron chi connectivity index (χ4n) is 2.83. The molecule has 1 aliphatic rings. The van der Waals surface area contributed by atoms with E-state index >= 15 is 0 Å². The number of aryl methyl sites for hydroxylation is 1. The summed E-state index contributed by atoms with van der Waals surface area (Å²) in [6.45, 7) is 3.94. The predicted molar refractivity (Wildman–Crippen MR) is 78.7 cm³/mol. The summed E-state index contributed by atoms with van der Waals surface area (Å²) in [5, 5.41) is 3.98. The first-order chi connectivity index (χ1) is 9.31. The number of hydrogen-bond donors (Lipinski definition) is 2. The molecule has 20 heavy (non-hydrogen) atoms. The third-order valence-electron chi connectivity index (χ3n) is 4.15. The SMILES string of the molecule is Cc1c(S(=O)(=O)NC2CCCC(C)CC2)c(N)nn1C. The molecule has 1 heterocycles. The third-order valence-corrected chi connectivity index (χ3v) is 5.84. The van der Waals surface area contributed by atoms with Gasteiger partial charge in [-0.2, -0.15) is 5.10 Å². The van der Waals surface area contributed by atoms with Gasteiger partial charge >= 0.3 is 0 Å². The fourth-order valence-corrected chi connectivity index (χ4v) is 4.46. The van der Waals surface area contributed by atoms with E-state index in [1.54, 1.807) is 14.0 Å². The van der Waals surface area contributed by atoms with Crippen LogP contribution in [-0.2, 0) is 17.1 Å². The summed E-state index contributed by atoms with van der Waals surface area (Å²) in [7, 11) is -1.90. The van der Waals surface area contributed by atoms with E-state index in [0.29, 0.717) is 11.6 Å². The molecule has 1 aromatic rings. The van der Waals surface area contributed by atoms with Crippen molar-refractivity contribution in [3.63, 3.8) is 0 Å². The van der Waals surface area contributed by atoms with Crippen molar-refractivity contribution in [3.8, 4) is 0 Å². The van der Waals surface area contributed by atoms with E-state index in [-0.39, 0.29) is 16.8 Å². The monoisotopic (exact) mass is 300 g/mol. The van der Waals surface area contributed by atoms with Crippen LogP contribution in [0.5, 0.6) is 0 Å². The number of nitrogen functional groups attached to an aromatic ring is 1. The summed E-state index contributed by atoms with van der Waals surface area (Å²) in [6.07, 6.45) is 5.08. The number of nitrogens with two attached hydrogens (primary N) is 1. The van der Waals surface area contributed by atoms with Crippen LogP contribution in [0, 0.1) is 12.8 Å². The second kappa shape index (κ2) is 5.73. The number of nitrogens with one attached hydrogen (secondary N) is 1. The van der Waals surface area contributed by atoms with Gasteiger partial charge in [0.25, 0.3) is 0 Å². The Morgan fingerprint density at radius 1 is 1.30 bits per heavy atom. The van der Waals surface area contributed by atoms with Gasteiger partial charge in [-0.1, -0.05) is 19.8 Å². The van der Waals surface area contributed by atoms with E-state index in [0.717, 1.165) is 25.7 Å². The van der Waals surface area contributed by atoms with Crippen LogP contribution in [0.4, 0.5) is 5.82 Å². The molecule has 0 radical (unpaired) electrons. The Balaban J connectivity index is 2.19. The van der Waals surface area contributed by atoms with Crippen molar-refractivity contribution in [2.75, 3.05) is 5.73 Å². The van der Waals surface area contributed by atoms with Crippen molar-refractivity contribution in [1.82, 2.24) is 14.5 Å². The Morgan fingerprint density at radius 2 is 2.00 bits per heavy atom. The van der Waals surface area contributed by atoms with Crippen LogP contribution in [0.1, 0.15) is 44.7 Å². The van der Waals surface area contributed by atoms with E-state index in [4.69, 9.17) is 5.73 Å². The maximum Gasteiger partial charge on any atom is 0.246 e. The Kier molecular flexibility index (Phi) is 4.39. The molecule has 0 amide bonds. The maximum atomic E-state index is 12.5. The summed E-state index contributed by atoms with van der Waals surface area (Å²) < 4.78 is 29.3. The van der Waals surface area contributed by atoms with Crippen molar-refractivity contribution < 1.29 is 8.42 Å². The minimum Gasteiger partial charge on any atom is -0.381 e. The van der Waals surface area contributed by atoms with Gasteiger partial charge in [0.05, 0.1) is 5.69 Å². The topological polar surface area (TPSA) is 90.0 Å². The zero-order valence-electron chi connectivity index (χ0n) is 12.4. The van der Waals surface area contributed by atoms with Gasteiger partial charge in [0.1, 0.15) is 4.90 Å². The van der Waals surface area contributed by atoms with Crippen LogP contribution in [0.3, 0.4) is 0 Å². The second-order valence-corrected chi connectivity index (χ2v) is 7.51. The zero-order chi connectivity index (χ0) is 14.9. The van der Waals surface area contributed by atoms with Gasteiger partial charge in [-0.3, -0.25) is 4.68 Å². The molecule has 2 atom stereocenters. The first-order valence-electron chi connectivity index (χ1n) is 7.12. The molecule has 0 bridgehead atoms. The molecule has 1 fully saturated rings. The van der Waals surface area contributed by atoms with Gasteiger partial charge in [0, 0.05) is 13.1 Å². The van der Waals surface area contributed by atoms with Crippen molar-refractivity contribution >= 4 is 15.8 Å². The molecule has 0 saturated heterocycles. The summed E-state index contributed by atoms with van der Waals surface area (Å²) in [4.78, 5) is 0.122. The third kappa shape index (κ3) is 3.15. The lowest BCUT2D eigenvalue weighted by Gasteiger charge is -2.16. The molecular weight excluding hydrogens is 276 g/mol. The minimum absolute atomic E-state index is 0.00366. The average molecular weight is 300 g/mol. The predicted octanol–water partition coefficient (Wildman–Crippen LogP) is 1.56. The van der Waals surface area contributed by atoms with Crippen LogP contribution in [0.15, 0.2) is 4.90 Å². The van der Waals surface area contributed by atoms with Crippen LogP contribution in [0.25, 0.3) is 0 Å². The van der Waals surface area contributed by atoms with Gasteiger partial charge < -0.3 is 5.73 Å². The highest BCUT2D eigenvalue weighted by atomic mass is 32.2.